The van der Waals surface area contributed by atoms with Crippen molar-refractivity contribution in [3.63, 3.8) is 0 Å². The molecule has 0 N–H and O–H groups in total. The number of halogens is 8. The molecule has 0 radical (unpaired) electrons. The van der Waals surface area contributed by atoms with Crippen LogP contribution in [0.3, 0.4) is 0 Å². The van der Waals surface area contributed by atoms with Crippen LogP contribution in [0.4, 0.5) is 26.3 Å². The first-order valence-corrected chi connectivity index (χ1v) is 10.3. The lowest BCUT2D eigenvalue weighted by molar-refractivity contribution is -0.165. The van der Waals surface area contributed by atoms with Gasteiger partial charge in [-0.1, -0.05) is 35.3 Å². The van der Waals surface area contributed by atoms with Crippen molar-refractivity contribution < 1.29 is 40.0 Å². The summed E-state index contributed by atoms with van der Waals surface area (Å²) in [5.74, 6) is 0. The van der Waals surface area contributed by atoms with Crippen LogP contribution in [0.15, 0.2) is 36.4 Å². The molecular weight excluding hydrogens is 468 g/mol. The predicted molar refractivity (Wildman–Crippen MR) is 95.4 cm³/mol. The molecule has 2 aromatic rings. The maximum atomic E-state index is 13.3. The Labute approximate surface area is 171 Å². The maximum absolute atomic E-state index is 13.3. The summed E-state index contributed by atoms with van der Waals surface area (Å²) in [4.78, 5) is 0. The molecule has 2 aromatic carbocycles. The number of hydrogen-bond acceptors (Lipinski definition) is 3. The van der Waals surface area contributed by atoms with Gasteiger partial charge in [-0.2, -0.15) is 26.3 Å². The molecule has 0 fully saturated rings. The summed E-state index contributed by atoms with van der Waals surface area (Å²) in [7, 11) is -4.98. The van der Waals surface area contributed by atoms with Crippen molar-refractivity contribution in [2.75, 3.05) is 13.2 Å². The molecule has 29 heavy (non-hydrogen) atoms. The molecule has 0 heterocycles. The first-order chi connectivity index (χ1) is 13.3. The third-order valence-corrected chi connectivity index (χ3v) is 6.68. The molecule has 0 spiro atoms. The number of rotatable bonds is 5. The fourth-order valence-corrected chi connectivity index (χ4v) is 5.52. The van der Waals surface area contributed by atoms with Crippen LogP contribution in [0, 0.1) is 0 Å². The monoisotopic (exact) mass is 478 g/mol. The standard InChI is InChI=1S/C17H11Cl2F6O3P/c18-9-1-3-11-13(5-9)14-6-10(19)2-4-12(14)15(11)29(26,27-7-16(20,21)22)28-8-17(23,24)25/h1-6,15H,7-8H2. The van der Waals surface area contributed by atoms with Gasteiger partial charge in [0.15, 0.2) is 13.2 Å². The highest BCUT2D eigenvalue weighted by Gasteiger charge is 2.48. The van der Waals surface area contributed by atoms with E-state index in [1.54, 1.807) is 0 Å². The van der Waals surface area contributed by atoms with E-state index in [1.807, 2.05) is 0 Å². The molecule has 0 bridgehead atoms. The lowest BCUT2D eigenvalue weighted by Gasteiger charge is -2.26. The highest BCUT2D eigenvalue weighted by Crippen LogP contribution is 2.69. The van der Waals surface area contributed by atoms with Gasteiger partial charge in [0.25, 0.3) is 0 Å². The quantitative estimate of drug-likeness (QED) is 0.331. The van der Waals surface area contributed by atoms with Gasteiger partial charge in [-0.3, -0.25) is 13.6 Å². The summed E-state index contributed by atoms with van der Waals surface area (Å²) in [5.41, 5.74) is -0.441. The summed E-state index contributed by atoms with van der Waals surface area (Å²) < 4.78 is 98.4. The molecule has 0 aromatic heterocycles. The van der Waals surface area contributed by atoms with E-state index in [0.29, 0.717) is 11.1 Å². The molecule has 3 rings (SSSR count). The van der Waals surface area contributed by atoms with Crippen LogP contribution in [0.1, 0.15) is 16.8 Å². The van der Waals surface area contributed by atoms with E-state index >= 15 is 0 Å². The molecule has 0 saturated heterocycles. The van der Waals surface area contributed by atoms with Crippen molar-refractivity contribution in [1.82, 2.24) is 0 Å². The molecule has 1 aliphatic rings. The average Bonchev–Trinajstić information content (AvgIpc) is 2.91. The SMILES string of the molecule is O=P(OCC(F)(F)F)(OCC(F)(F)F)C1c2ccc(Cl)cc2-c2cc(Cl)ccc21. The van der Waals surface area contributed by atoms with E-state index < -0.39 is 38.8 Å². The van der Waals surface area contributed by atoms with E-state index in [4.69, 9.17) is 23.2 Å². The first kappa shape index (κ1) is 22.4. The summed E-state index contributed by atoms with van der Waals surface area (Å²) in [6.45, 7) is -4.07. The predicted octanol–water partition coefficient (Wildman–Crippen LogP) is 7.41. The Morgan fingerprint density at radius 2 is 1.17 bits per heavy atom. The highest BCUT2D eigenvalue weighted by atomic mass is 35.5. The van der Waals surface area contributed by atoms with Crippen LogP contribution >= 0.6 is 30.8 Å². The molecule has 0 amide bonds. The van der Waals surface area contributed by atoms with Gasteiger partial charge in [0.1, 0.15) is 5.66 Å². The second kappa shape index (κ2) is 7.78. The number of benzene rings is 2. The Balaban J connectivity index is 2.13. The minimum absolute atomic E-state index is 0.166. The Morgan fingerprint density at radius 1 is 0.793 bits per heavy atom. The fourth-order valence-electron chi connectivity index (χ4n) is 3.02. The summed E-state index contributed by atoms with van der Waals surface area (Å²) in [6, 6.07) is 8.36. The number of alkyl halides is 6. The zero-order chi connectivity index (χ0) is 21.6. The Bertz CT molecular complexity index is 903. The largest absolute Gasteiger partial charge is 0.412 e. The highest BCUT2D eigenvalue weighted by molar-refractivity contribution is 7.54. The van der Waals surface area contributed by atoms with Crippen molar-refractivity contribution in [2.45, 2.75) is 18.0 Å². The van der Waals surface area contributed by atoms with E-state index in [0.717, 1.165) is 0 Å². The molecule has 3 nitrogen and oxygen atoms in total. The van der Waals surface area contributed by atoms with Gasteiger partial charge < -0.3 is 0 Å². The minimum Gasteiger partial charge on any atom is -0.298 e. The fraction of sp³-hybridized carbons (Fsp3) is 0.294. The topological polar surface area (TPSA) is 35.5 Å². The average molecular weight is 479 g/mol. The second-order valence-corrected chi connectivity index (χ2v) is 9.17. The molecule has 0 saturated carbocycles. The second-order valence-electron chi connectivity index (χ2n) is 6.18. The molecule has 0 atom stereocenters. The third-order valence-electron chi connectivity index (χ3n) is 4.04. The zero-order valence-corrected chi connectivity index (χ0v) is 16.6. The molecular formula is C17H11Cl2F6O3P. The van der Waals surface area contributed by atoms with Crippen LogP contribution in [-0.4, -0.2) is 25.6 Å². The first-order valence-electron chi connectivity index (χ1n) is 7.91. The van der Waals surface area contributed by atoms with Gasteiger partial charge in [0.2, 0.25) is 0 Å². The Hall–Kier alpha value is -1.25. The maximum Gasteiger partial charge on any atom is 0.412 e. The van der Waals surface area contributed by atoms with Crippen LogP contribution in [0.25, 0.3) is 11.1 Å². The van der Waals surface area contributed by atoms with Crippen molar-refractivity contribution in [2.24, 2.45) is 0 Å². The van der Waals surface area contributed by atoms with Crippen molar-refractivity contribution in [3.05, 3.63) is 57.6 Å². The number of hydrogen-bond donors (Lipinski definition) is 0. The summed E-state index contributed by atoms with van der Waals surface area (Å²) in [5, 5.41) is 0.523. The number of fused-ring (bicyclic) bond motifs is 3. The van der Waals surface area contributed by atoms with Gasteiger partial charge in [-0.25, -0.2) is 0 Å². The van der Waals surface area contributed by atoms with Gasteiger partial charge in [0, 0.05) is 10.0 Å². The lowest BCUT2D eigenvalue weighted by Crippen LogP contribution is -2.21. The third kappa shape index (κ3) is 5.09. The van der Waals surface area contributed by atoms with E-state index in [9.17, 15) is 30.9 Å². The summed E-state index contributed by atoms with van der Waals surface area (Å²) in [6.07, 6.45) is -9.86. The molecule has 0 unspecified atom stereocenters. The van der Waals surface area contributed by atoms with Gasteiger partial charge in [-0.15, -0.1) is 0 Å². The van der Waals surface area contributed by atoms with Crippen molar-refractivity contribution >= 4 is 30.8 Å². The molecule has 0 aliphatic heterocycles. The molecule has 12 heteroatoms. The van der Waals surface area contributed by atoms with E-state index in [-0.39, 0.29) is 21.2 Å². The van der Waals surface area contributed by atoms with Gasteiger partial charge >= 0.3 is 19.9 Å². The Kier molecular flexibility index (Phi) is 6.02. The van der Waals surface area contributed by atoms with E-state index in [1.165, 1.54) is 36.4 Å². The van der Waals surface area contributed by atoms with Crippen LogP contribution in [0.2, 0.25) is 10.0 Å². The van der Waals surface area contributed by atoms with Crippen molar-refractivity contribution in [1.29, 1.82) is 0 Å². The van der Waals surface area contributed by atoms with Gasteiger partial charge in [-0.05, 0) is 46.5 Å². The zero-order valence-electron chi connectivity index (χ0n) is 14.2. The smallest absolute Gasteiger partial charge is 0.298 e. The molecule has 1 aliphatic carbocycles. The minimum atomic E-state index is -4.98. The van der Waals surface area contributed by atoms with Crippen LogP contribution in [0.5, 0.6) is 0 Å². The van der Waals surface area contributed by atoms with Crippen LogP contribution in [-0.2, 0) is 13.6 Å². The van der Waals surface area contributed by atoms with Crippen LogP contribution < -0.4 is 0 Å². The van der Waals surface area contributed by atoms with Gasteiger partial charge in [0.05, 0.1) is 0 Å². The lowest BCUT2D eigenvalue weighted by atomic mass is 10.1. The van der Waals surface area contributed by atoms with Crippen molar-refractivity contribution in [3.8, 4) is 11.1 Å². The normalized spacial score (nSPS) is 14.8. The van der Waals surface area contributed by atoms with E-state index in [2.05, 4.69) is 9.05 Å². The summed E-state index contributed by atoms with van der Waals surface area (Å²) >= 11 is 11.9. The Morgan fingerprint density at radius 3 is 1.52 bits per heavy atom. The molecule has 158 valence electrons.